The van der Waals surface area contributed by atoms with Gasteiger partial charge >= 0.3 is 12.0 Å². The van der Waals surface area contributed by atoms with Crippen LogP contribution in [0.3, 0.4) is 0 Å². The van der Waals surface area contributed by atoms with Crippen LogP contribution in [0.1, 0.15) is 34.6 Å². The van der Waals surface area contributed by atoms with Gasteiger partial charge in [-0.25, -0.2) is 4.79 Å². The molecule has 0 spiro atoms. The Bertz CT molecular complexity index is 363. The zero-order valence-electron chi connectivity index (χ0n) is 11.3. The van der Waals surface area contributed by atoms with E-state index in [1.807, 2.05) is 5.32 Å². The average Bonchev–Trinajstić information content (AvgIpc) is 2.14. The van der Waals surface area contributed by atoms with Crippen molar-refractivity contribution in [3.05, 3.63) is 0 Å². The first-order valence-electron chi connectivity index (χ1n) is 5.53. The van der Waals surface area contributed by atoms with Gasteiger partial charge in [0.25, 0.3) is 0 Å². The summed E-state index contributed by atoms with van der Waals surface area (Å²) in [6.07, 6.45) is 0. The number of rotatable bonds is 5. The number of carboxylic acid groups (broad SMARTS) is 1. The standard InChI is InChI=1S/C11H21N3O4/c1-6(7(15)13-9(12)18)14-11(4,5)10(2,3)8(16)17/h6,14H,1-5H3,(H,16,17)(H3,12,13,15,18). The lowest BCUT2D eigenvalue weighted by Gasteiger charge is -2.40. The van der Waals surface area contributed by atoms with Crippen LogP contribution >= 0.6 is 0 Å². The molecular weight excluding hydrogens is 238 g/mol. The van der Waals surface area contributed by atoms with Gasteiger partial charge in [0.15, 0.2) is 0 Å². The quantitative estimate of drug-likeness (QED) is 0.555. The lowest BCUT2D eigenvalue weighted by atomic mass is 9.74. The number of hydrogen-bond acceptors (Lipinski definition) is 4. The van der Waals surface area contributed by atoms with E-state index in [0.29, 0.717) is 0 Å². The number of urea groups is 1. The van der Waals surface area contributed by atoms with E-state index >= 15 is 0 Å². The zero-order valence-corrected chi connectivity index (χ0v) is 11.3. The molecule has 0 bridgehead atoms. The molecule has 0 saturated heterocycles. The third-order valence-electron chi connectivity index (χ3n) is 3.31. The van der Waals surface area contributed by atoms with Crippen LogP contribution in [0.5, 0.6) is 0 Å². The number of hydrogen-bond donors (Lipinski definition) is 4. The van der Waals surface area contributed by atoms with E-state index in [-0.39, 0.29) is 0 Å². The van der Waals surface area contributed by atoms with E-state index in [1.165, 1.54) is 6.92 Å². The van der Waals surface area contributed by atoms with E-state index in [2.05, 4.69) is 5.32 Å². The number of carbonyl (C=O) groups is 3. The van der Waals surface area contributed by atoms with E-state index < -0.39 is 34.9 Å². The van der Waals surface area contributed by atoms with Crippen molar-refractivity contribution in [1.29, 1.82) is 0 Å². The number of carboxylic acids is 1. The molecule has 0 saturated carbocycles. The fourth-order valence-corrected chi connectivity index (χ4v) is 1.28. The molecular formula is C11H21N3O4. The molecule has 104 valence electrons. The lowest BCUT2D eigenvalue weighted by molar-refractivity contribution is -0.151. The first kappa shape index (κ1) is 16.4. The van der Waals surface area contributed by atoms with Crippen molar-refractivity contribution in [3.63, 3.8) is 0 Å². The monoisotopic (exact) mass is 259 g/mol. The number of carbonyl (C=O) groups excluding carboxylic acids is 2. The van der Waals surface area contributed by atoms with Gasteiger partial charge in [0, 0.05) is 5.54 Å². The van der Waals surface area contributed by atoms with Crippen LogP contribution in [0.15, 0.2) is 0 Å². The summed E-state index contributed by atoms with van der Waals surface area (Å²) in [5.74, 6) is -1.58. The molecule has 7 nitrogen and oxygen atoms in total. The number of imide groups is 1. The molecule has 0 rings (SSSR count). The minimum Gasteiger partial charge on any atom is -0.481 e. The number of nitrogens with two attached hydrogens (primary N) is 1. The van der Waals surface area contributed by atoms with Crippen molar-refractivity contribution in [2.45, 2.75) is 46.2 Å². The van der Waals surface area contributed by atoms with Crippen molar-refractivity contribution in [2.75, 3.05) is 0 Å². The molecule has 0 aromatic carbocycles. The molecule has 0 aromatic heterocycles. The van der Waals surface area contributed by atoms with E-state index in [4.69, 9.17) is 10.8 Å². The third kappa shape index (κ3) is 3.69. The van der Waals surface area contributed by atoms with Crippen LogP contribution in [-0.2, 0) is 9.59 Å². The lowest BCUT2D eigenvalue weighted by Crippen LogP contribution is -2.60. The topological polar surface area (TPSA) is 122 Å². The predicted molar refractivity (Wildman–Crippen MR) is 65.8 cm³/mol. The van der Waals surface area contributed by atoms with Crippen molar-refractivity contribution >= 4 is 17.9 Å². The zero-order chi connectivity index (χ0) is 14.7. The fraction of sp³-hybridized carbons (Fsp3) is 0.727. The molecule has 0 aromatic rings. The molecule has 0 aliphatic carbocycles. The van der Waals surface area contributed by atoms with Gasteiger partial charge in [-0.3, -0.25) is 20.2 Å². The maximum atomic E-state index is 11.5. The summed E-state index contributed by atoms with van der Waals surface area (Å²) in [6.45, 7) is 7.99. The molecule has 0 aliphatic heterocycles. The van der Waals surface area contributed by atoms with Crippen LogP contribution in [0.4, 0.5) is 4.79 Å². The Labute approximate surface area is 106 Å². The highest BCUT2D eigenvalue weighted by molar-refractivity contribution is 5.96. The maximum absolute atomic E-state index is 11.5. The van der Waals surface area contributed by atoms with Crippen molar-refractivity contribution in [3.8, 4) is 0 Å². The Morgan fingerprint density at radius 3 is 1.94 bits per heavy atom. The van der Waals surface area contributed by atoms with Gasteiger partial charge in [-0.15, -0.1) is 0 Å². The predicted octanol–water partition coefficient (Wildman–Crippen LogP) is 0.0488. The van der Waals surface area contributed by atoms with E-state index in [1.54, 1.807) is 27.7 Å². The summed E-state index contributed by atoms with van der Waals surface area (Å²) in [5, 5.41) is 14.0. The van der Waals surface area contributed by atoms with Gasteiger partial charge in [0.1, 0.15) is 0 Å². The van der Waals surface area contributed by atoms with Gasteiger partial charge in [-0.05, 0) is 34.6 Å². The summed E-state index contributed by atoms with van der Waals surface area (Å²) in [7, 11) is 0. The minimum absolute atomic E-state index is 0.600. The van der Waals surface area contributed by atoms with Crippen molar-refractivity contribution < 1.29 is 19.5 Å². The van der Waals surface area contributed by atoms with Gasteiger partial charge in [-0.2, -0.15) is 0 Å². The molecule has 18 heavy (non-hydrogen) atoms. The van der Waals surface area contributed by atoms with Crippen molar-refractivity contribution in [2.24, 2.45) is 11.1 Å². The highest BCUT2D eigenvalue weighted by Crippen LogP contribution is 2.31. The van der Waals surface area contributed by atoms with E-state index in [9.17, 15) is 14.4 Å². The minimum atomic E-state index is -1.09. The Kier molecular flexibility index (Phi) is 4.86. The molecule has 3 amide bonds. The van der Waals surface area contributed by atoms with Crippen LogP contribution < -0.4 is 16.4 Å². The molecule has 7 heteroatoms. The number of aliphatic carboxylic acids is 1. The third-order valence-corrected chi connectivity index (χ3v) is 3.31. The van der Waals surface area contributed by atoms with Gasteiger partial charge in [0.05, 0.1) is 11.5 Å². The number of amides is 3. The largest absolute Gasteiger partial charge is 0.481 e. The average molecular weight is 259 g/mol. The molecule has 0 radical (unpaired) electrons. The Hall–Kier alpha value is -1.63. The summed E-state index contributed by atoms with van der Waals surface area (Å²) in [5.41, 5.74) is 2.89. The molecule has 0 fully saturated rings. The molecule has 0 aliphatic rings. The number of primary amides is 1. The second kappa shape index (κ2) is 5.34. The first-order valence-corrected chi connectivity index (χ1v) is 5.53. The van der Waals surface area contributed by atoms with Crippen LogP contribution in [0.2, 0.25) is 0 Å². The van der Waals surface area contributed by atoms with Crippen LogP contribution in [-0.4, -0.2) is 34.6 Å². The smallest absolute Gasteiger partial charge is 0.318 e. The maximum Gasteiger partial charge on any atom is 0.318 e. The Morgan fingerprint density at radius 1 is 1.17 bits per heavy atom. The van der Waals surface area contributed by atoms with E-state index in [0.717, 1.165) is 0 Å². The Balaban J connectivity index is 4.83. The van der Waals surface area contributed by atoms with Gasteiger partial charge in [0.2, 0.25) is 5.91 Å². The normalized spacial score (nSPS) is 13.8. The first-order chi connectivity index (χ1) is 7.91. The highest BCUT2D eigenvalue weighted by Gasteiger charge is 2.44. The highest BCUT2D eigenvalue weighted by atomic mass is 16.4. The molecule has 1 atom stereocenters. The number of nitrogens with one attached hydrogen (secondary N) is 2. The van der Waals surface area contributed by atoms with Crippen molar-refractivity contribution in [1.82, 2.24) is 10.6 Å². The van der Waals surface area contributed by atoms with Crippen LogP contribution in [0, 0.1) is 5.41 Å². The fourth-order valence-electron chi connectivity index (χ4n) is 1.28. The van der Waals surface area contributed by atoms with Crippen LogP contribution in [0.25, 0.3) is 0 Å². The molecule has 0 heterocycles. The van der Waals surface area contributed by atoms with Gasteiger partial charge < -0.3 is 10.8 Å². The molecule has 5 N–H and O–H groups in total. The summed E-state index contributed by atoms with van der Waals surface area (Å²) in [6, 6.07) is -1.69. The second-order valence-electron chi connectivity index (χ2n) is 5.27. The summed E-state index contributed by atoms with van der Waals surface area (Å²) >= 11 is 0. The summed E-state index contributed by atoms with van der Waals surface area (Å²) < 4.78 is 0. The second-order valence-corrected chi connectivity index (χ2v) is 5.27. The summed E-state index contributed by atoms with van der Waals surface area (Å²) in [4.78, 5) is 33.2. The van der Waals surface area contributed by atoms with Gasteiger partial charge in [-0.1, -0.05) is 0 Å². The molecule has 1 unspecified atom stereocenters. The Morgan fingerprint density at radius 2 is 1.61 bits per heavy atom. The SMILES string of the molecule is CC(NC(C)(C)C(C)(C)C(=O)O)C(=O)NC(N)=O.